The molecule has 0 saturated carbocycles. The van der Waals surface area contributed by atoms with E-state index in [0.29, 0.717) is 10.8 Å². The molecule has 0 aliphatic rings. The average molecular weight is 200 g/mol. The van der Waals surface area contributed by atoms with Crippen LogP contribution in [0.1, 0.15) is 31.4 Å². The summed E-state index contributed by atoms with van der Waals surface area (Å²) in [4.78, 5) is 3.94. The summed E-state index contributed by atoms with van der Waals surface area (Å²) >= 11 is 5.88. The molecule has 1 rings (SSSR count). The molecule has 0 bridgehead atoms. The Bertz CT molecular complexity index is 288. The van der Waals surface area contributed by atoms with Crippen LogP contribution in [0, 0.1) is 0 Å². The van der Waals surface area contributed by atoms with E-state index in [-0.39, 0.29) is 6.04 Å². The zero-order chi connectivity index (χ0) is 9.84. The van der Waals surface area contributed by atoms with Gasteiger partial charge in [0.1, 0.15) is 5.15 Å². The van der Waals surface area contributed by atoms with Gasteiger partial charge in [-0.25, -0.2) is 4.98 Å². The first-order chi connectivity index (χ1) is 6.15. The van der Waals surface area contributed by atoms with Crippen molar-refractivity contribution < 1.29 is 0 Å². The molecule has 0 fully saturated rings. The highest BCUT2D eigenvalue weighted by atomic mass is 35.5. The smallest absolute Gasteiger partial charge is 0.133 e. The third-order valence-corrected chi connectivity index (χ3v) is 2.20. The molecule has 3 nitrogen and oxygen atoms in total. The number of hydrogen-bond donors (Lipinski definition) is 2. The number of aromatic nitrogens is 1. The van der Waals surface area contributed by atoms with Crippen molar-refractivity contribution >= 4 is 17.3 Å². The summed E-state index contributed by atoms with van der Waals surface area (Å²) in [6.45, 7) is 2.08. The van der Waals surface area contributed by atoms with Crippen molar-refractivity contribution in [3.8, 4) is 0 Å². The Morgan fingerprint density at radius 1 is 1.62 bits per heavy atom. The van der Waals surface area contributed by atoms with Crippen molar-refractivity contribution in [2.45, 2.75) is 25.8 Å². The highest BCUT2D eigenvalue weighted by Gasteiger charge is 2.10. The summed E-state index contributed by atoms with van der Waals surface area (Å²) in [5.74, 6) is 0. The number of halogens is 1. The fraction of sp³-hybridized carbons (Fsp3) is 0.444. The lowest BCUT2D eigenvalue weighted by molar-refractivity contribution is 0.637. The Morgan fingerprint density at radius 2 is 2.31 bits per heavy atom. The van der Waals surface area contributed by atoms with Crippen LogP contribution in [0.3, 0.4) is 0 Å². The maximum Gasteiger partial charge on any atom is 0.133 e. The van der Waals surface area contributed by atoms with Crippen molar-refractivity contribution in [2.24, 2.45) is 5.73 Å². The highest BCUT2D eigenvalue weighted by molar-refractivity contribution is 6.30. The second-order valence-electron chi connectivity index (χ2n) is 3.04. The standard InChI is InChI=1S/C9H14ClN3/c1-2-3-8(12)7-4-6(11)5-13-9(7)10/h4-5,8H,2-3,11-12H2,1H3/t8-/m1/s1. The van der Waals surface area contributed by atoms with Gasteiger partial charge < -0.3 is 11.5 Å². The van der Waals surface area contributed by atoms with Gasteiger partial charge in [0.05, 0.1) is 11.9 Å². The summed E-state index contributed by atoms with van der Waals surface area (Å²) in [6.07, 6.45) is 3.45. The molecule has 0 spiro atoms. The molecule has 0 aliphatic carbocycles. The third kappa shape index (κ3) is 2.57. The summed E-state index contributed by atoms with van der Waals surface area (Å²) in [6, 6.07) is 1.73. The minimum absolute atomic E-state index is 0.0616. The van der Waals surface area contributed by atoms with Crippen LogP contribution in [0.2, 0.25) is 5.15 Å². The van der Waals surface area contributed by atoms with Gasteiger partial charge in [-0.05, 0) is 12.5 Å². The first kappa shape index (κ1) is 10.3. The molecule has 4 N–H and O–H groups in total. The van der Waals surface area contributed by atoms with Crippen molar-refractivity contribution in [1.29, 1.82) is 0 Å². The Labute approximate surface area is 83.1 Å². The van der Waals surface area contributed by atoms with Crippen LogP contribution < -0.4 is 11.5 Å². The van der Waals surface area contributed by atoms with Crippen molar-refractivity contribution in [3.05, 3.63) is 23.0 Å². The zero-order valence-electron chi connectivity index (χ0n) is 7.63. The van der Waals surface area contributed by atoms with Crippen LogP contribution in [-0.2, 0) is 0 Å². The highest BCUT2D eigenvalue weighted by Crippen LogP contribution is 2.24. The number of pyridine rings is 1. The van der Waals surface area contributed by atoms with Crippen LogP contribution in [0.4, 0.5) is 5.69 Å². The molecule has 0 radical (unpaired) electrons. The van der Waals surface area contributed by atoms with Crippen molar-refractivity contribution in [1.82, 2.24) is 4.98 Å². The average Bonchev–Trinajstić information content (AvgIpc) is 2.09. The van der Waals surface area contributed by atoms with Gasteiger partial charge in [0.2, 0.25) is 0 Å². The number of anilines is 1. The van der Waals surface area contributed by atoms with E-state index in [0.717, 1.165) is 18.4 Å². The van der Waals surface area contributed by atoms with Gasteiger partial charge in [-0.3, -0.25) is 0 Å². The molecule has 0 amide bonds. The van der Waals surface area contributed by atoms with E-state index in [1.165, 1.54) is 6.20 Å². The number of nitrogens with zero attached hydrogens (tertiary/aromatic N) is 1. The molecule has 0 saturated heterocycles. The SMILES string of the molecule is CCC[C@@H](N)c1cc(N)cnc1Cl. The van der Waals surface area contributed by atoms with Crippen LogP contribution in [0.5, 0.6) is 0 Å². The lowest BCUT2D eigenvalue weighted by atomic mass is 10.1. The molecule has 1 heterocycles. The Kier molecular flexibility index (Phi) is 3.51. The lowest BCUT2D eigenvalue weighted by Gasteiger charge is -2.12. The molecule has 13 heavy (non-hydrogen) atoms. The third-order valence-electron chi connectivity index (χ3n) is 1.89. The molecule has 1 atom stereocenters. The molecule has 1 aromatic heterocycles. The lowest BCUT2D eigenvalue weighted by Crippen LogP contribution is -2.11. The summed E-state index contributed by atoms with van der Waals surface area (Å²) < 4.78 is 0. The van der Waals surface area contributed by atoms with Crippen LogP contribution >= 0.6 is 11.6 Å². The maximum atomic E-state index is 5.90. The second-order valence-corrected chi connectivity index (χ2v) is 3.40. The van der Waals surface area contributed by atoms with Gasteiger partial charge in [0, 0.05) is 11.6 Å². The van der Waals surface area contributed by atoms with Gasteiger partial charge in [0.15, 0.2) is 0 Å². The van der Waals surface area contributed by atoms with E-state index in [1.54, 1.807) is 6.07 Å². The fourth-order valence-corrected chi connectivity index (χ4v) is 1.45. The minimum atomic E-state index is -0.0616. The predicted molar refractivity (Wildman–Crippen MR) is 55.5 cm³/mol. The predicted octanol–water partition coefficient (Wildman–Crippen LogP) is 2.12. The largest absolute Gasteiger partial charge is 0.397 e. The van der Waals surface area contributed by atoms with Crippen molar-refractivity contribution in [2.75, 3.05) is 5.73 Å². The van der Waals surface area contributed by atoms with Crippen LogP contribution in [-0.4, -0.2) is 4.98 Å². The van der Waals surface area contributed by atoms with E-state index in [9.17, 15) is 0 Å². The van der Waals surface area contributed by atoms with E-state index >= 15 is 0 Å². The van der Waals surface area contributed by atoms with Crippen molar-refractivity contribution in [3.63, 3.8) is 0 Å². The van der Waals surface area contributed by atoms with Gasteiger partial charge in [-0.1, -0.05) is 24.9 Å². The minimum Gasteiger partial charge on any atom is -0.397 e. The van der Waals surface area contributed by atoms with Crippen LogP contribution in [0.25, 0.3) is 0 Å². The summed E-state index contributed by atoms with van der Waals surface area (Å²) in [7, 11) is 0. The Balaban J connectivity index is 2.91. The first-order valence-electron chi connectivity index (χ1n) is 4.31. The molecular weight excluding hydrogens is 186 g/mol. The fourth-order valence-electron chi connectivity index (χ4n) is 1.21. The second kappa shape index (κ2) is 4.44. The number of rotatable bonds is 3. The Hall–Kier alpha value is -0.800. The van der Waals surface area contributed by atoms with Gasteiger partial charge >= 0.3 is 0 Å². The van der Waals surface area contributed by atoms with E-state index in [4.69, 9.17) is 23.1 Å². The maximum absolute atomic E-state index is 5.90. The number of hydrogen-bond acceptors (Lipinski definition) is 3. The van der Waals surface area contributed by atoms with E-state index in [1.807, 2.05) is 0 Å². The molecule has 72 valence electrons. The molecule has 0 aliphatic heterocycles. The number of nitrogen functional groups attached to an aromatic ring is 1. The zero-order valence-corrected chi connectivity index (χ0v) is 8.38. The van der Waals surface area contributed by atoms with Gasteiger partial charge in [-0.15, -0.1) is 0 Å². The topological polar surface area (TPSA) is 64.9 Å². The van der Waals surface area contributed by atoms with Gasteiger partial charge in [-0.2, -0.15) is 0 Å². The molecule has 0 unspecified atom stereocenters. The molecule has 4 heteroatoms. The molecule has 1 aromatic rings. The van der Waals surface area contributed by atoms with E-state index in [2.05, 4.69) is 11.9 Å². The molecular formula is C9H14ClN3. The Morgan fingerprint density at radius 3 is 2.92 bits per heavy atom. The van der Waals surface area contributed by atoms with E-state index < -0.39 is 0 Å². The summed E-state index contributed by atoms with van der Waals surface area (Å²) in [5, 5.41) is 0.454. The monoisotopic (exact) mass is 199 g/mol. The first-order valence-corrected chi connectivity index (χ1v) is 4.69. The normalized spacial score (nSPS) is 12.8. The summed E-state index contributed by atoms with van der Waals surface area (Å²) in [5.41, 5.74) is 12.9. The van der Waals surface area contributed by atoms with Crippen LogP contribution in [0.15, 0.2) is 12.3 Å². The van der Waals surface area contributed by atoms with Gasteiger partial charge in [0.25, 0.3) is 0 Å². The quantitative estimate of drug-likeness (QED) is 0.733. The number of nitrogens with two attached hydrogens (primary N) is 2. The molecule has 0 aromatic carbocycles.